The van der Waals surface area contributed by atoms with Gasteiger partial charge in [-0.05, 0) is 31.2 Å². The number of ether oxygens (including phenoxy) is 1. The number of anilines is 2. The third-order valence-corrected chi connectivity index (χ3v) is 5.03. The number of aryl methyl sites for hydroxylation is 1. The van der Waals surface area contributed by atoms with Crippen LogP contribution in [-0.4, -0.2) is 22.1 Å². The number of nitrogens with one attached hydrogen (secondary N) is 2. The highest BCUT2D eigenvalue weighted by atomic mass is 35.5. The Morgan fingerprint density at radius 3 is 2.78 bits per heavy atom. The van der Waals surface area contributed by atoms with Crippen molar-refractivity contribution in [3.8, 4) is 28.4 Å². The van der Waals surface area contributed by atoms with E-state index in [1.165, 1.54) is 11.3 Å². The van der Waals surface area contributed by atoms with E-state index in [0.29, 0.717) is 5.02 Å². The van der Waals surface area contributed by atoms with Gasteiger partial charge in [-0.15, -0.1) is 11.3 Å². The summed E-state index contributed by atoms with van der Waals surface area (Å²) in [5.41, 5.74) is 4.62. The highest BCUT2D eigenvalue weighted by Gasteiger charge is 2.11. The molecule has 0 unspecified atom stereocenters. The van der Waals surface area contributed by atoms with Gasteiger partial charge in [-0.1, -0.05) is 23.7 Å². The third-order valence-electron chi connectivity index (χ3n) is 4.04. The van der Waals surface area contributed by atoms with Crippen LogP contribution >= 0.6 is 22.9 Å². The maximum Gasteiger partial charge on any atom is 0.187 e. The Kier molecular flexibility index (Phi) is 4.83. The summed E-state index contributed by atoms with van der Waals surface area (Å²) in [6.45, 7) is 1.95. The van der Waals surface area contributed by atoms with Crippen molar-refractivity contribution in [3.63, 3.8) is 0 Å². The van der Waals surface area contributed by atoms with E-state index in [1.807, 2.05) is 61.0 Å². The Labute approximate surface area is 166 Å². The molecular weight excluding hydrogens is 380 g/mol. The van der Waals surface area contributed by atoms with Gasteiger partial charge in [0, 0.05) is 33.9 Å². The molecule has 0 atom stereocenters. The number of hydrogen-bond acceptors (Lipinski definition) is 5. The van der Waals surface area contributed by atoms with Crippen LogP contribution < -0.4 is 10.1 Å². The van der Waals surface area contributed by atoms with Crippen LogP contribution in [0.15, 0.2) is 54.0 Å². The van der Waals surface area contributed by atoms with E-state index in [2.05, 4.69) is 20.3 Å². The standard InChI is InChI=1S/C20H17ClN4OS/c1-12-10-22-19(23-12)16-7-6-15(9-18(16)26-2)24-20-25-17(11-27-20)13-4-3-5-14(21)8-13/h3-11H,1-2H3,(H,22,23)(H,24,25). The van der Waals surface area contributed by atoms with Gasteiger partial charge in [-0.25, -0.2) is 9.97 Å². The fraction of sp³-hybridized carbons (Fsp3) is 0.100. The normalized spacial score (nSPS) is 10.8. The van der Waals surface area contributed by atoms with E-state index >= 15 is 0 Å². The van der Waals surface area contributed by atoms with Gasteiger partial charge in [-0.2, -0.15) is 0 Å². The molecule has 0 bridgehead atoms. The summed E-state index contributed by atoms with van der Waals surface area (Å²) in [7, 11) is 1.65. The predicted molar refractivity (Wildman–Crippen MR) is 111 cm³/mol. The van der Waals surface area contributed by atoms with Gasteiger partial charge >= 0.3 is 0 Å². The second-order valence-corrected chi connectivity index (χ2v) is 7.27. The summed E-state index contributed by atoms with van der Waals surface area (Å²) in [6.07, 6.45) is 1.87. The van der Waals surface area contributed by atoms with Crippen LogP contribution in [0.5, 0.6) is 5.75 Å². The summed E-state index contributed by atoms with van der Waals surface area (Å²) in [5, 5.41) is 6.83. The summed E-state index contributed by atoms with van der Waals surface area (Å²) in [4.78, 5) is 12.3. The molecule has 2 aromatic carbocycles. The minimum Gasteiger partial charge on any atom is -0.496 e. The highest BCUT2D eigenvalue weighted by Crippen LogP contribution is 2.33. The van der Waals surface area contributed by atoms with Crippen molar-refractivity contribution < 1.29 is 4.74 Å². The predicted octanol–water partition coefficient (Wildman–Crippen LogP) is 5.91. The van der Waals surface area contributed by atoms with Gasteiger partial charge in [0.05, 0.1) is 24.1 Å². The Hall–Kier alpha value is -2.83. The lowest BCUT2D eigenvalue weighted by Gasteiger charge is -2.09. The molecule has 0 saturated heterocycles. The van der Waals surface area contributed by atoms with Crippen molar-refractivity contribution in [2.24, 2.45) is 0 Å². The fourth-order valence-corrected chi connectivity index (χ4v) is 3.68. The van der Waals surface area contributed by atoms with Crippen molar-refractivity contribution in [2.45, 2.75) is 6.92 Å². The topological polar surface area (TPSA) is 62.8 Å². The zero-order valence-electron chi connectivity index (χ0n) is 14.8. The van der Waals surface area contributed by atoms with Gasteiger partial charge in [0.2, 0.25) is 0 Å². The first-order valence-corrected chi connectivity index (χ1v) is 9.57. The lowest BCUT2D eigenvalue weighted by molar-refractivity contribution is 0.416. The van der Waals surface area contributed by atoms with Gasteiger partial charge in [0.15, 0.2) is 5.13 Å². The van der Waals surface area contributed by atoms with Crippen molar-refractivity contribution in [1.82, 2.24) is 15.0 Å². The lowest BCUT2D eigenvalue weighted by Crippen LogP contribution is -1.94. The van der Waals surface area contributed by atoms with Crippen LogP contribution in [0.2, 0.25) is 5.02 Å². The Balaban J connectivity index is 1.58. The first-order chi connectivity index (χ1) is 13.1. The molecule has 0 aliphatic rings. The monoisotopic (exact) mass is 396 g/mol. The first-order valence-electron chi connectivity index (χ1n) is 8.31. The molecule has 0 saturated carbocycles. The molecule has 0 radical (unpaired) electrons. The molecular formula is C20H17ClN4OS. The van der Waals surface area contributed by atoms with Crippen LogP contribution in [-0.2, 0) is 0 Å². The van der Waals surface area contributed by atoms with E-state index in [4.69, 9.17) is 16.3 Å². The molecule has 0 aliphatic heterocycles. The van der Waals surface area contributed by atoms with Crippen LogP contribution in [0.1, 0.15) is 5.69 Å². The van der Waals surface area contributed by atoms with Crippen molar-refractivity contribution in [2.75, 3.05) is 12.4 Å². The number of hydrogen-bond donors (Lipinski definition) is 2. The zero-order valence-corrected chi connectivity index (χ0v) is 16.4. The van der Waals surface area contributed by atoms with E-state index in [0.717, 1.165) is 44.9 Å². The molecule has 4 rings (SSSR count). The summed E-state index contributed by atoms with van der Waals surface area (Å²) in [6, 6.07) is 13.6. The smallest absolute Gasteiger partial charge is 0.187 e. The molecule has 27 heavy (non-hydrogen) atoms. The Morgan fingerprint density at radius 1 is 1.15 bits per heavy atom. The van der Waals surface area contributed by atoms with Crippen LogP contribution in [0, 0.1) is 6.92 Å². The SMILES string of the molecule is COc1cc(Nc2nc(-c3cccc(Cl)c3)cs2)ccc1-c1nc(C)c[nH]1. The Morgan fingerprint density at radius 2 is 2.04 bits per heavy atom. The quantitative estimate of drug-likeness (QED) is 0.440. The molecule has 2 aromatic heterocycles. The van der Waals surface area contributed by atoms with E-state index in [1.54, 1.807) is 7.11 Å². The van der Waals surface area contributed by atoms with Crippen LogP contribution in [0.3, 0.4) is 0 Å². The molecule has 136 valence electrons. The number of thiazole rings is 1. The van der Waals surface area contributed by atoms with Crippen LogP contribution in [0.4, 0.5) is 10.8 Å². The number of halogens is 1. The number of aromatic amines is 1. The minimum absolute atomic E-state index is 0.698. The number of nitrogens with zero attached hydrogens (tertiary/aromatic N) is 2. The van der Waals surface area contributed by atoms with Gasteiger partial charge < -0.3 is 15.0 Å². The molecule has 2 heterocycles. The maximum absolute atomic E-state index is 6.07. The molecule has 7 heteroatoms. The number of methoxy groups -OCH3 is 1. The molecule has 2 N–H and O–H groups in total. The lowest BCUT2D eigenvalue weighted by atomic mass is 10.1. The number of imidazole rings is 1. The van der Waals surface area contributed by atoms with E-state index in [9.17, 15) is 0 Å². The largest absolute Gasteiger partial charge is 0.496 e. The van der Waals surface area contributed by atoms with Gasteiger partial charge in [0.25, 0.3) is 0 Å². The third kappa shape index (κ3) is 3.82. The summed E-state index contributed by atoms with van der Waals surface area (Å²) in [5.74, 6) is 1.52. The number of rotatable bonds is 5. The number of H-pyrrole nitrogens is 1. The van der Waals surface area contributed by atoms with Crippen molar-refractivity contribution in [1.29, 1.82) is 0 Å². The highest BCUT2D eigenvalue weighted by molar-refractivity contribution is 7.14. The summed E-state index contributed by atoms with van der Waals surface area (Å²) >= 11 is 7.61. The average molecular weight is 397 g/mol. The number of aromatic nitrogens is 3. The molecule has 4 aromatic rings. The van der Waals surface area contributed by atoms with Gasteiger partial charge in [0.1, 0.15) is 11.6 Å². The summed E-state index contributed by atoms with van der Waals surface area (Å²) < 4.78 is 5.54. The second-order valence-electron chi connectivity index (χ2n) is 5.98. The van der Waals surface area contributed by atoms with Crippen molar-refractivity contribution in [3.05, 3.63) is 64.8 Å². The zero-order chi connectivity index (χ0) is 18.8. The fourth-order valence-electron chi connectivity index (χ4n) is 2.75. The van der Waals surface area contributed by atoms with E-state index in [-0.39, 0.29) is 0 Å². The van der Waals surface area contributed by atoms with Gasteiger partial charge in [-0.3, -0.25) is 0 Å². The Bertz CT molecular complexity index is 1090. The molecule has 0 amide bonds. The first kappa shape index (κ1) is 17.6. The maximum atomic E-state index is 6.07. The van der Waals surface area contributed by atoms with Crippen LogP contribution in [0.25, 0.3) is 22.6 Å². The van der Waals surface area contributed by atoms with E-state index < -0.39 is 0 Å². The molecule has 5 nitrogen and oxygen atoms in total. The molecule has 0 fully saturated rings. The molecule has 0 aliphatic carbocycles. The second kappa shape index (κ2) is 7.42. The minimum atomic E-state index is 0.698. The molecule has 0 spiro atoms. The van der Waals surface area contributed by atoms with Crippen molar-refractivity contribution >= 4 is 33.8 Å². The average Bonchev–Trinajstić information content (AvgIpc) is 3.31. The number of benzene rings is 2.